The van der Waals surface area contributed by atoms with E-state index < -0.39 is 24.5 Å². The maximum absolute atomic E-state index is 12.4. The third kappa shape index (κ3) is 4.10. The standard InChI is InChI=1S/C11H11ClF3NO2/c1-18-9-4-2-8(3-5-9)16(10(17)6-12)7-11(13,14)15/h2-5H,6-7H2,1H3. The number of amides is 1. The number of alkyl halides is 4. The molecule has 0 aliphatic rings. The van der Waals surface area contributed by atoms with E-state index in [1.165, 1.54) is 31.4 Å². The average molecular weight is 282 g/mol. The van der Waals surface area contributed by atoms with Gasteiger partial charge in [-0.05, 0) is 24.3 Å². The normalized spacial score (nSPS) is 11.2. The smallest absolute Gasteiger partial charge is 0.406 e. The Labute approximate surface area is 107 Å². The van der Waals surface area contributed by atoms with Gasteiger partial charge in [0.1, 0.15) is 18.2 Å². The molecule has 0 unspecified atom stereocenters. The van der Waals surface area contributed by atoms with E-state index in [0.717, 1.165) is 0 Å². The van der Waals surface area contributed by atoms with Crippen molar-refractivity contribution in [2.45, 2.75) is 6.18 Å². The van der Waals surface area contributed by atoms with E-state index in [2.05, 4.69) is 0 Å². The summed E-state index contributed by atoms with van der Waals surface area (Å²) in [4.78, 5) is 12.0. The molecule has 1 rings (SSSR count). The van der Waals surface area contributed by atoms with Crippen molar-refractivity contribution in [2.24, 2.45) is 0 Å². The van der Waals surface area contributed by atoms with Crippen molar-refractivity contribution in [3.8, 4) is 5.75 Å². The van der Waals surface area contributed by atoms with Crippen LogP contribution in [-0.2, 0) is 4.79 Å². The van der Waals surface area contributed by atoms with Crippen molar-refractivity contribution in [2.75, 3.05) is 24.4 Å². The van der Waals surface area contributed by atoms with Gasteiger partial charge in [-0.1, -0.05) is 0 Å². The van der Waals surface area contributed by atoms with Crippen LogP contribution in [0.25, 0.3) is 0 Å². The maximum atomic E-state index is 12.4. The largest absolute Gasteiger partial charge is 0.497 e. The highest BCUT2D eigenvalue weighted by atomic mass is 35.5. The van der Waals surface area contributed by atoms with Gasteiger partial charge in [-0.25, -0.2) is 0 Å². The van der Waals surface area contributed by atoms with E-state index in [0.29, 0.717) is 10.6 Å². The van der Waals surface area contributed by atoms with Crippen molar-refractivity contribution < 1.29 is 22.7 Å². The number of halogens is 4. The van der Waals surface area contributed by atoms with E-state index in [1.54, 1.807) is 0 Å². The summed E-state index contributed by atoms with van der Waals surface area (Å²) < 4.78 is 42.0. The molecular weight excluding hydrogens is 271 g/mol. The second-order valence-corrected chi connectivity index (χ2v) is 3.69. The minimum absolute atomic E-state index is 0.124. The molecule has 0 fully saturated rings. The van der Waals surface area contributed by atoms with Gasteiger partial charge >= 0.3 is 6.18 Å². The molecule has 0 bridgehead atoms. The molecule has 1 amide bonds. The van der Waals surface area contributed by atoms with Crippen LogP contribution in [0.15, 0.2) is 24.3 Å². The van der Waals surface area contributed by atoms with E-state index in [4.69, 9.17) is 16.3 Å². The van der Waals surface area contributed by atoms with Gasteiger partial charge in [0.05, 0.1) is 7.11 Å². The number of hydrogen-bond acceptors (Lipinski definition) is 2. The van der Waals surface area contributed by atoms with Gasteiger partial charge in [0.15, 0.2) is 0 Å². The lowest BCUT2D eigenvalue weighted by atomic mass is 10.2. The topological polar surface area (TPSA) is 29.5 Å². The summed E-state index contributed by atoms with van der Waals surface area (Å²) in [5.41, 5.74) is 0.124. The van der Waals surface area contributed by atoms with E-state index in [9.17, 15) is 18.0 Å². The van der Waals surface area contributed by atoms with Gasteiger partial charge in [0, 0.05) is 5.69 Å². The number of carbonyl (C=O) groups is 1. The Bertz CT molecular complexity index is 406. The number of hydrogen-bond donors (Lipinski definition) is 0. The molecule has 0 saturated heterocycles. The Balaban J connectivity index is 2.97. The predicted molar refractivity (Wildman–Crippen MR) is 62.1 cm³/mol. The first kappa shape index (κ1) is 14.6. The number of carbonyl (C=O) groups excluding carboxylic acids is 1. The lowest BCUT2D eigenvalue weighted by Crippen LogP contribution is -2.39. The zero-order valence-corrected chi connectivity index (χ0v) is 10.3. The highest BCUT2D eigenvalue weighted by molar-refractivity contribution is 6.29. The monoisotopic (exact) mass is 281 g/mol. The Morgan fingerprint density at radius 3 is 2.28 bits per heavy atom. The molecule has 3 nitrogen and oxygen atoms in total. The van der Waals surface area contributed by atoms with E-state index in [1.807, 2.05) is 0 Å². The Morgan fingerprint density at radius 2 is 1.89 bits per heavy atom. The first-order chi connectivity index (χ1) is 8.37. The van der Waals surface area contributed by atoms with Crippen LogP contribution in [0.1, 0.15) is 0 Å². The van der Waals surface area contributed by atoms with Gasteiger partial charge in [-0.15, -0.1) is 11.6 Å². The summed E-state index contributed by atoms with van der Waals surface area (Å²) in [7, 11) is 1.44. The van der Waals surface area contributed by atoms with Crippen LogP contribution < -0.4 is 9.64 Å². The molecule has 18 heavy (non-hydrogen) atoms. The van der Waals surface area contributed by atoms with Crippen molar-refractivity contribution in [1.82, 2.24) is 0 Å². The van der Waals surface area contributed by atoms with Crippen molar-refractivity contribution in [3.05, 3.63) is 24.3 Å². The van der Waals surface area contributed by atoms with Crippen molar-refractivity contribution >= 4 is 23.2 Å². The molecule has 0 spiro atoms. The third-order valence-electron chi connectivity index (χ3n) is 2.14. The molecular formula is C11H11ClF3NO2. The molecule has 0 N–H and O–H groups in total. The highest BCUT2D eigenvalue weighted by Crippen LogP contribution is 2.24. The zero-order chi connectivity index (χ0) is 13.8. The second-order valence-electron chi connectivity index (χ2n) is 3.43. The van der Waals surface area contributed by atoms with Crippen LogP contribution >= 0.6 is 11.6 Å². The minimum atomic E-state index is -4.48. The number of benzene rings is 1. The van der Waals surface area contributed by atoms with Crippen molar-refractivity contribution in [1.29, 1.82) is 0 Å². The Kier molecular flexibility index (Phi) is 4.84. The fourth-order valence-corrected chi connectivity index (χ4v) is 1.48. The molecule has 0 aromatic heterocycles. The van der Waals surface area contributed by atoms with Gasteiger partial charge in [-0.2, -0.15) is 13.2 Å². The molecule has 0 saturated carbocycles. The van der Waals surface area contributed by atoms with Gasteiger partial charge in [-0.3, -0.25) is 4.79 Å². The summed E-state index contributed by atoms with van der Waals surface area (Å²) >= 11 is 5.30. The molecule has 0 aliphatic carbocycles. The molecule has 7 heteroatoms. The number of ether oxygens (including phenoxy) is 1. The fourth-order valence-electron chi connectivity index (χ4n) is 1.34. The minimum Gasteiger partial charge on any atom is -0.497 e. The average Bonchev–Trinajstić information content (AvgIpc) is 2.34. The molecule has 0 aliphatic heterocycles. The molecule has 100 valence electrons. The molecule has 0 radical (unpaired) electrons. The molecule has 0 atom stereocenters. The van der Waals surface area contributed by atoms with Crippen molar-refractivity contribution in [3.63, 3.8) is 0 Å². The van der Waals surface area contributed by atoms with Crippen LogP contribution in [-0.4, -0.2) is 31.6 Å². The number of rotatable bonds is 4. The lowest BCUT2D eigenvalue weighted by molar-refractivity contribution is -0.131. The predicted octanol–water partition coefficient (Wildman–Crippen LogP) is 2.83. The van der Waals surface area contributed by atoms with Gasteiger partial charge in [0.2, 0.25) is 5.91 Å². The second kappa shape index (κ2) is 5.95. The highest BCUT2D eigenvalue weighted by Gasteiger charge is 2.33. The Morgan fingerprint density at radius 1 is 1.33 bits per heavy atom. The third-order valence-corrected chi connectivity index (χ3v) is 2.37. The Hall–Kier alpha value is -1.43. The summed E-state index contributed by atoms with van der Waals surface area (Å²) in [6.45, 7) is -1.37. The summed E-state index contributed by atoms with van der Waals surface area (Å²) in [6, 6.07) is 5.69. The van der Waals surface area contributed by atoms with Crippen LogP contribution in [0.5, 0.6) is 5.75 Å². The quantitative estimate of drug-likeness (QED) is 0.794. The molecule has 1 aromatic carbocycles. The number of nitrogens with zero attached hydrogens (tertiary/aromatic N) is 1. The first-order valence-electron chi connectivity index (χ1n) is 4.94. The lowest BCUT2D eigenvalue weighted by Gasteiger charge is -2.23. The SMILES string of the molecule is COc1ccc(N(CC(F)(F)F)C(=O)CCl)cc1. The number of anilines is 1. The van der Waals surface area contributed by atoms with Crippen LogP contribution in [0, 0.1) is 0 Å². The number of methoxy groups -OCH3 is 1. The summed E-state index contributed by atoms with van der Waals surface area (Å²) in [6.07, 6.45) is -4.48. The molecule has 0 heterocycles. The van der Waals surface area contributed by atoms with E-state index >= 15 is 0 Å². The zero-order valence-electron chi connectivity index (χ0n) is 9.50. The maximum Gasteiger partial charge on any atom is 0.406 e. The van der Waals surface area contributed by atoms with Crippen LogP contribution in [0.4, 0.5) is 18.9 Å². The summed E-state index contributed by atoms with van der Waals surface area (Å²) in [5, 5.41) is 0. The van der Waals surface area contributed by atoms with E-state index in [-0.39, 0.29) is 5.69 Å². The van der Waals surface area contributed by atoms with Gasteiger partial charge in [0.25, 0.3) is 0 Å². The molecule has 1 aromatic rings. The van der Waals surface area contributed by atoms with Crippen LogP contribution in [0.3, 0.4) is 0 Å². The van der Waals surface area contributed by atoms with Gasteiger partial charge < -0.3 is 9.64 Å². The summed E-state index contributed by atoms with van der Waals surface area (Å²) in [5.74, 6) is -0.828. The first-order valence-corrected chi connectivity index (χ1v) is 5.48. The fraction of sp³-hybridized carbons (Fsp3) is 0.364. The van der Waals surface area contributed by atoms with Crippen LogP contribution in [0.2, 0.25) is 0 Å².